The van der Waals surface area contributed by atoms with Crippen molar-refractivity contribution < 1.29 is 9.53 Å². The van der Waals surface area contributed by atoms with E-state index in [2.05, 4.69) is 20.8 Å². The summed E-state index contributed by atoms with van der Waals surface area (Å²) in [5.41, 5.74) is 0.783. The van der Waals surface area contributed by atoms with Crippen molar-refractivity contribution in [2.75, 3.05) is 7.11 Å². The van der Waals surface area contributed by atoms with Crippen molar-refractivity contribution in [1.82, 2.24) is 0 Å². The highest BCUT2D eigenvalue weighted by atomic mass is 16.5. The zero-order valence-corrected chi connectivity index (χ0v) is 12.9. The largest absolute Gasteiger partial charge is 0.374 e. The number of ketones is 1. The van der Waals surface area contributed by atoms with Gasteiger partial charge >= 0.3 is 0 Å². The quantitative estimate of drug-likeness (QED) is 0.757. The Morgan fingerprint density at radius 3 is 2.42 bits per heavy atom. The minimum absolute atomic E-state index is 0.121. The molecule has 2 bridgehead atoms. The molecule has 0 saturated heterocycles. The van der Waals surface area contributed by atoms with Gasteiger partial charge in [-0.2, -0.15) is 0 Å². The Kier molecular flexibility index (Phi) is 3.09. The molecular formula is C17H28O2. The van der Waals surface area contributed by atoms with E-state index < -0.39 is 0 Å². The van der Waals surface area contributed by atoms with Crippen molar-refractivity contribution >= 4 is 5.78 Å². The molecule has 0 spiro atoms. The van der Waals surface area contributed by atoms with Gasteiger partial charge in [-0.1, -0.05) is 20.8 Å². The first-order valence-electron chi connectivity index (χ1n) is 7.98. The molecule has 3 fully saturated rings. The Balaban J connectivity index is 1.86. The molecule has 19 heavy (non-hydrogen) atoms. The smallest absolute Gasteiger partial charge is 0.164 e. The maximum absolute atomic E-state index is 12.6. The number of methoxy groups -OCH3 is 1. The average molecular weight is 264 g/mol. The van der Waals surface area contributed by atoms with E-state index in [0.29, 0.717) is 22.5 Å². The average Bonchev–Trinajstić information content (AvgIpc) is 2.71. The Bertz CT molecular complexity index is 387. The summed E-state index contributed by atoms with van der Waals surface area (Å²) in [7, 11) is 1.69. The van der Waals surface area contributed by atoms with E-state index in [1.165, 1.54) is 19.3 Å². The SMILES string of the molecule is COC1CCCC([C@H]2C[C@@H]3CC[C@@]2(C)C3(C)C)C1=O. The van der Waals surface area contributed by atoms with E-state index in [-0.39, 0.29) is 12.0 Å². The normalized spacial score (nSPS) is 48.7. The summed E-state index contributed by atoms with van der Waals surface area (Å²) in [5, 5.41) is 0. The number of hydrogen-bond donors (Lipinski definition) is 0. The lowest BCUT2D eigenvalue weighted by Crippen LogP contribution is -2.44. The lowest BCUT2D eigenvalue weighted by molar-refractivity contribution is -0.140. The predicted molar refractivity (Wildman–Crippen MR) is 75.9 cm³/mol. The highest BCUT2D eigenvalue weighted by molar-refractivity contribution is 5.86. The van der Waals surface area contributed by atoms with Gasteiger partial charge in [-0.25, -0.2) is 0 Å². The van der Waals surface area contributed by atoms with Crippen LogP contribution in [0.25, 0.3) is 0 Å². The summed E-state index contributed by atoms with van der Waals surface area (Å²) >= 11 is 0. The molecule has 0 aliphatic heterocycles. The van der Waals surface area contributed by atoms with E-state index in [9.17, 15) is 4.79 Å². The van der Waals surface area contributed by atoms with Gasteiger partial charge in [0.1, 0.15) is 6.10 Å². The van der Waals surface area contributed by atoms with Crippen LogP contribution in [-0.2, 0) is 9.53 Å². The molecule has 3 rings (SSSR count). The van der Waals surface area contributed by atoms with Crippen molar-refractivity contribution in [2.45, 2.75) is 65.4 Å². The molecule has 3 aliphatic rings. The zero-order chi connectivity index (χ0) is 13.8. The molecule has 108 valence electrons. The van der Waals surface area contributed by atoms with Gasteiger partial charge in [-0.3, -0.25) is 4.79 Å². The van der Waals surface area contributed by atoms with Crippen LogP contribution in [0.3, 0.4) is 0 Å². The minimum Gasteiger partial charge on any atom is -0.374 e. The van der Waals surface area contributed by atoms with Crippen molar-refractivity contribution in [3.05, 3.63) is 0 Å². The number of carbonyl (C=O) groups is 1. The molecule has 0 aromatic heterocycles. The third-order valence-corrected chi connectivity index (χ3v) is 7.30. The maximum Gasteiger partial charge on any atom is 0.164 e. The van der Waals surface area contributed by atoms with Crippen LogP contribution in [0, 0.1) is 28.6 Å². The van der Waals surface area contributed by atoms with Crippen molar-refractivity contribution in [1.29, 1.82) is 0 Å². The standard InChI is InChI=1S/C17H28O2/c1-16(2)11-8-9-17(16,3)13(10-11)12-6-5-7-14(19-4)15(12)18/h11-14H,5-10H2,1-4H3/t11-,12?,13+,14?,17+/m0/s1. The number of ether oxygens (including phenoxy) is 1. The van der Waals surface area contributed by atoms with Crippen LogP contribution >= 0.6 is 0 Å². The number of Topliss-reactive ketones (excluding diaryl/α,β-unsaturated/α-hetero) is 1. The van der Waals surface area contributed by atoms with Gasteiger partial charge in [0.15, 0.2) is 5.78 Å². The Morgan fingerprint density at radius 2 is 1.89 bits per heavy atom. The Morgan fingerprint density at radius 1 is 1.16 bits per heavy atom. The van der Waals surface area contributed by atoms with Gasteiger partial charge in [0.2, 0.25) is 0 Å². The number of fused-ring (bicyclic) bond motifs is 2. The van der Waals surface area contributed by atoms with E-state index >= 15 is 0 Å². The summed E-state index contributed by atoms with van der Waals surface area (Å²) in [6.07, 6.45) is 7.03. The fourth-order valence-electron chi connectivity index (χ4n) is 5.55. The van der Waals surface area contributed by atoms with Crippen molar-refractivity contribution in [2.24, 2.45) is 28.6 Å². The number of hydrogen-bond acceptors (Lipinski definition) is 2. The van der Waals surface area contributed by atoms with Crippen LogP contribution in [0.5, 0.6) is 0 Å². The molecule has 0 amide bonds. The Labute approximate surface area is 117 Å². The van der Waals surface area contributed by atoms with Gasteiger partial charge in [0.05, 0.1) is 0 Å². The molecule has 5 atom stereocenters. The fourth-order valence-corrected chi connectivity index (χ4v) is 5.55. The summed E-state index contributed by atoms with van der Waals surface area (Å²) in [5.74, 6) is 2.11. The van der Waals surface area contributed by atoms with Gasteiger partial charge in [0, 0.05) is 13.0 Å². The highest BCUT2D eigenvalue weighted by Gasteiger charge is 2.63. The number of rotatable bonds is 2. The molecule has 0 radical (unpaired) electrons. The fraction of sp³-hybridized carbons (Fsp3) is 0.941. The molecular weight excluding hydrogens is 236 g/mol. The Hall–Kier alpha value is -0.370. The van der Waals surface area contributed by atoms with Crippen LogP contribution < -0.4 is 0 Å². The van der Waals surface area contributed by atoms with Crippen LogP contribution in [0.1, 0.15) is 59.3 Å². The maximum atomic E-state index is 12.6. The highest BCUT2D eigenvalue weighted by Crippen LogP contribution is 2.70. The zero-order valence-electron chi connectivity index (χ0n) is 12.9. The summed E-state index contributed by atoms with van der Waals surface area (Å²) in [6.45, 7) is 7.33. The molecule has 0 heterocycles. The van der Waals surface area contributed by atoms with Crippen LogP contribution in [-0.4, -0.2) is 19.0 Å². The summed E-state index contributed by atoms with van der Waals surface area (Å²) in [4.78, 5) is 12.6. The second-order valence-corrected chi connectivity index (χ2v) is 7.88. The van der Waals surface area contributed by atoms with Crippen molar-refractivity contribution in [3.8, 4) is 0 Å². The monoisotopic (exact) mass is 264 g/mol. The van der Waals surface area contributed by atoms with Crippen LogP contribution in [0.4, 0.5) is 0 Å². The van der Waals surface area contributed by atoms with E-state index in [4.69, 9.17) is 4.74 Å². The van der Waals surface area contributed by atoms with E-state index in [1.54, 1.807) is 7.11 Å². The first-order valence-corrected chi connectivity index (χ1v) is 7.98. The topological polar surface area (TPSA) is 26.3 Å². The molecule has 3 saturated carbocycles. The van der Waals surface area contributed by atoms with Crippen LogP contribution in [0.2, 0.25) is 0 Å². The predicted octanol–water partition coefficient (Wildman–Crippen LogP) is 3.83. The second-order valence-electron chi connectivity index (χ2n) is 7.88. The molecule has 2 nitrogen and oxygen atoms in total. The second kappa shape index (κ2) is 4.31. The van der Waals surface area contributed by atoms with Gasteiger partial charge in [0.25, 0.3) is 0 Å². The lowest BCUT2D eigenvalue weighted by atomic mass is 9.60. The van der Waals surface area contributed by atoms with E-state index in [1.807, 2.05) is 0 Å². The first-order chi connectivity index (χ1) is 8.91. The molecule has 0 aromatic rings. The third kappa shape index (κ3) is 1.68. The van der Waals surface area contributed by atoms with Gasteiger partial charge in [-0.05, 0) is 61.2 Å². The minimum atomic E-state index is -0.121. The summed E-state index contributed by atoms with van der Waals surface area (Å²) < 4.78 is 5.41. The molecule has 0 N–H and O–H groups in total. The molecule has 0 aromatic carbocycles. The third-order valence-electron chi connectivity index (χ3n) is 7.30. The number of carbonyl (C=O) groups excluding carboxylic acids is 1. The van der Waals surface area contributed by atoms with Gasteiger partial charge in [-0.15, -0.1) is 0 Å². The lowest BCUT2D eigenvalue weighted by Gasteiger charge is -2.44. The molecule has 2 heteroatoms. The first kappa shape index (κ1) is 13.6. The van der Waals surface area contributed by atoms with Crippen molar-refractivity contribution in [3.63, 3.8) is 0 Å². The van der Waals surface area contributed by atoms with E-state index in [0.717, 1.165) is 25.2 Å². The summed E-state index contributed by atoms with van der Waals surface area (Å²) in [6, 6.07) is 0. The molecule has 3 aliphatic carbocycles. The van der Waals surface area contributed by atoms with Gasteiger partial charge < -0.3 is 4.74 Å². The molecule has 2 unspecified atom stereocenters. The van der Waals surface area contributed by atoms with Crippen LogP contribution in [0.15, 0.2) is 0 Å².